The van der Waals surface area contributed by atoms with Crippen molar-refractivity contribution in [3.05, 3.63) is 39.7 Å². The Bertz CT molecular complexity index is 550. The molecule has 0 spiro atoms. The zero-order valence-electron chi connectivity index (χ0n) is 8.72. The van der Waals surface area contributed by atoms with Crippen LogP contribution in [0.1, 0.15) is 5.82 Å². The molecule has 2 aromatic rings. The van der Waals surface area contributed by atoms with Gasteiger partial charge in [-0.05, 0) is 0 Å². The topological polar surface area (TPSA) is 110 Å². The highest BCUT2D eigenvalue weighted by atomic mass is 19.1. The summed E-state index contributed by atoms with van der Waals surface area (Å²) in [6, 6.07) is 1.25. The number of tetrazole rings is 1. The van der Waals surface area contributed by atoms with Gasteiger partial charge in [0.2, 0.25) is 0 Å². The highest BCUT2D eigenvalue weighted by molar-refractivity contribution is 5.51. The second-order valence-corrected chi connectivity index (χ2v) is 3.22. The zero-order valence-corrected chi connectivity index (χ0v) is 8.72. The largest absolute Gasteiger partial charge is 0.373 e. The monoisotopic (exact) mass is 256 g/mol. The van der Waals surface area contributed by atoms with Crippen molar-refractivity contribution in [3.63, 3.8) is 0 Å². The number of halogens is 2. The standard InChI is InChI=1S/C8H6F2N6O2/c9-5-1-4(16(17)18)2-6(10)8(5)11-3-7-12-14-15-13-7/h1-2,11H,3H2,(H,12,13,14,15). The summed E-state index contributed by atoms with van der Waals surface area (Å²) in [5.74, 6) is -1.93. The number of anilines is 1. The second kappa shape index (κ2) is 4.69. The number of H-pyrrole nitrogens is 1. The Balaban J connectivity index is 2.20. The lowest BCUT2D eigenvalue weighted by molar-refractivity contribution is -0.385. The normalized spacial score (nSPS) is 10.3. The third kappa shape index (κ3) is 2.36. The second-order valence-electron chi connectivity index (χ2n) is 3.22. The van der Waals surface area contributed by atoms with Crippen molar-refractivity contribution >= 4 is 11.4 Å². The quantitative estimate of drug-likeness (QED) is 0.623. The van der Waals surface area contributed by atoms with E-state index in [2.05, 4.69) is 25.9 Å². The van der Waals surface area contributed by atoms with Gasteiger partial charge in [0.25, 0.3) is 5.69 Å². The van der Waals surface area contributed by atoms with Crippen LogP contribution in [0.15, 0.2) is 12.1 Å². The molecule has 0 amide bonds. The molecule has 0 unspecified atom stereocenters. The molecule has 0 aliphatic carbocycles. The van der Waals surface area contributed by atoms with Crippen molar-refractivity contribution in [2.45, 2.75) is 6.54 Å². The highest BCUT2D eigenvalue weighted by Gasteiger charge is 2.17. The van der Waals surface area contributed by atoms with E-state index in [1.54, 1.807) is 0 Å². The van der Waals surface area contributed by atoms with E-state index in [-0.39, 0.29) is 12.4 Å². The molecule has 0 bridgehead atoms. The summed E-state index contributed by atoms with van der Waals surface area (Å²) in [4.78, 5) is 9.50. The molecule has 10 heteroatoms. The van der Waals surface area contributed by atoms with Crippen LogP contribution in [0.5, 0.6) is 0 Å². The Hall–Kier alpha value is -2.65. The lowest BCUT2D eigenvalue weighted by Gasteiger charge is -2.06. The molecule has 1 heterocycles. The van der Waals surface area contributed by atoms with Crippen LogP contribution >= 0.6 is 0 Å². The minimum Gasteiger partial charge on any atom is -0.373 e. The van der Waals surface area contributed by atoms with Gasteiger partial charge >= 0.3 is 0 Å². The third-order valence-electron chi connectivity index (χ3n) is 2.05. The molecule has 0 aliphatic rings. The molecule has 0 fully saturated rings. The molecule has 2 rings (SSSR count). The average Bonchev–Trinajstić information content (AvgIpc) is 2.80. The summed E-state index contributed by atoms with van der Waals surface area (Å²) in [7, 11) is 0. The first kappa shape index (κ1) is 11.8. The number of hydrogen-bond donors (Lipinski definition) is 2. The van der Waals surface area contributed by atoms with E-state index in [0.717, 1.165) is 0 Å². The van der Waals surface area contributed by atoms with Crippen LogP contribution in [0.2, 0.25) is 0 Å². The minimum absolute atomic E-state index is 0.0673. The molecule has 8 nitrogen and oxygen atoms in total. The molecular formula is C8H6F2N6O2. The highest BCUT2D eigenvalue weighted by Crippen LogP contribution is 2.24. The van der Waals surface area contributed by atoms with E-state index in [4.69, 9.17) is 0 Å². The SMILES string of the molecule is O=[N+]([O-])c1cc(F)c(NCc2nn[nH]n2)c(F)c1. The lowest BCUT2D eigenvalue weighted by atomic mass is 10.2. The number of aromatic amines is 1. The van der Waals surface area contributed by atoms with Gasteiger partial charge in [-0.25, -0.2) is 8.78 Å². The Morgan fingerprint density at radius 1 is 1.39 bits per heavy atom. The number of benzene rings is 1. The van der Waals surface area contributed by atoms with Crippen LogP contribution in [-0.2, 0) is 6.54 Å². The van der Waals surface area contributed by atoms with Gasteiger partial charge in [0.1, 0.15) is 5.69 Å². The number of rotatable bonds is 4. The van der Waals surface area contributed by atoms with Gasteiger partial charge < -0.3 is 5.32 Å². The first-order valence-electron chi connectivity index (χ1n) is 4.67. The fraction of sp³-hybridized carbons (Fsp3) is 0.125. The summed E-state index contributed by atoms with van der Waals surface area (Å²) in [6.07, 6.45) is 0. The van der Waals surface area contributed by atoms with Gasteiger partial charge in [-0.2, -0.15) is 5.21 Å². The number of nitrogens with one attached hydrogen (secondary N) is 2. The molecule has 2 N–H and O–H groups in total. The fourth-order valence-electron chi connectivity index (χ4n) is 1.26. The van der Waals surface area contributed by atoms with Crippen molar-refractivity contribution in [1.82, 2.24) is 20.6 Å². The number of aromatic nitrogens is 4. The maximum Gasteiger partial charge on any atom is 0.275 e. The summed E-state index contributed by atoms with van der Waals surface area (Å²) in [5, 5.41) is 25.4. The molecule has 0 saturated carbocycles. The molecule has 0 aliphatic heterocycles. The minimum atomic E-state index is -1.06. The van der Waals surface area contributed by atoms with E-state index in [1.165, 1.54) is 0 Å². The van der Waals surface area contributed by atoms with Crippen molar-refractivity contribution in [2.24, 2.45) is 0 Å². The van der Waals surface area contributed by atoms with Gasteiger partial charge in [0, 0.05) is 0 Å². The fourth-order valence-corrected chi connectivity index (χ4v) is 1.26. The first-order chi connectivity index (χ1) is 8.58. The molecule has 1 aromatic carbocycles. The van der Waals surface area contributed by atoms with E-state index >= 15 is 0 Å². The number of nitrogens with zero attached hydrogens (tertiary/aromatic N) is 4. The van der Waals surface area contributed by atoms with Gasteiger partial charge in [0.05, 0.1) is 23.6 Å². The maximum atomic E-state index is 13.4. The van der Waals surface area contributed by atoms with Crippen LogP contribution in [0.4, 0.5) is 20.2 Å². The first-order valence-corrected chi connectivity index (χ1v) is 4.67. The Morgan fingerprint density at radius 3 is 2.56 bits per heavy atom. The van der Waals surface area contributed by atoms with Crippen LogP contribution in [-0.4, -0.2) is 25.5 Å². The Morgan fingerprint density at radius 2 is 2.06 bits per heavy atom. The van der Waals surface area contributed by atoms with Gasteiger partial charge in [-0.15, -0.1) is 10.2 Å². The molecule has 1 aromatic heterocycles. The molecule has 0 saturated heterocycles. The summed E-state index contributed by atoms with van der Waals surface area (Å²) in [5.41, 5.74) is -1.14. The van der Waals surface area contributed by atoms with Crippen molar-refractivity contribution in [2.75, 3.05) is 5.32 Å². The number of hydrogen-bond acceptors (Lipinski definition) is 6. The zero-order chi connectivity index (χ0) is 13.1. The van der Waals surface area contributed by atoms with Gasteiger partial charge in [-0.3, -0.25) is 10.1 Å². The van der Waals surface area contributed by atoms with Crippen LogP contribution in [0.25, 0.3) is 0 Å². The van der Waals surface area contributed by atoms with Crippen LogP contribution in [0, 0.1) is 21.7 Å². The predicted octanol–water partition coefficient (Wildman–Crippen LogP) is 0.998. The maximum absolute atomic E-state index is 13.4. The van der Waals surface area contributed by atoms with Gasteiger partial charge in [-0.1, -0.05) is 5.21 Å². The smallest absolute Gasteiger partial charge is 0.275 e. The van der Waals surface area contributed by atoms with Crippen LogP contribution in [0.3, 0.4) is 0 Å². The summed E-state index contributed by atoms with van der Waals surface area (Å²) >= 11 is 0. The molecular weight excluding hydrogens is 250 g/mol. The van der Waals surface area contributed by atoms with Crippen molar-refractivity contribution in [3.8, 4) is 0 Å². The van der Waals surface area contributed by atoms with E-state index in [1.807, 2.05) is 0 Å². The van der Waals surface area contributed by atoms with E-state index in [9.17, 15) is 18.9 Å². The van der Waals surface area contributed by atoms with Crippen molar-refractivity contribution in [1.29, 1.82) is 0 Å². The number of non-ortho nitro benzene ring substituents is 1. The summed E-state index contributed by atoms with van der Waals surface area (Å²) < 4.78 is 26.9. The average molecular weight is 256 g/mol. The third-order valence-corrected chi connectivity index (χ3v) is 2.05. The molecule has 18 heavy (non-hydrogen) atoms. The van der Waals surface area contributed by atoms with Crippen LogP contribution < -0.4 is 5.32 Å². The summed E-state index contributed by atoms with van der Waals surface area (Å²) in [6.45, 7) is -0.0673. The van der Waals surface area contributed by atoms with E-state index in [0.29, 0.717) is 12.1 Å². The van der Waals surface area contributed by atoms with Gasteiger partial charge in [0.15, 0.2) is 17.5 Å². The molecule has 94 valence electrons. The predicted molar refractivity (Wildman–Crippen MR) is 54.5 cm³/mol. The van der Waals surface area contributed by atoms with E-state index < -0.39 is 27.9 Å². The molecule has 0 radical (unpaired) electrons. The molecule has 0 atom stereocenters. The number of nitro benzene ring substituents is 1. The Labute approximate surface area is 98.2 Å². The van der Waals surface area contributed by atoms with Crippen molar-refractivity contribution < 1.29 is 13.7 Å². The number of nitro groups is 1. The Kier molecular flexibility index (Phi) is 3.08. The lowest BCUT2D eigenvalue weighted by Crippen LogP contribution is -2.06.